The molecule has 0 amide bonds. The second kappa shape index (κ2) is 5.89. The van der Waals surface area contributed by atoms with Gasteiger partial charge in [0.1, 0.15) is 17.3 Å². The number of aliphatic hydroxyl groups is 1. The number of aromatic nitrogens is 4. The molecule has 3 N–H and O–H groups in total. The van der Waals surface area contributed by atoms with Crippen LogP contribution in [0.1, 0.15) is 5.82 Å². The Labute approximate surface area is 120 Å². The number of thiophene rings is 1. The smallest absolute Gasteiger partial charge is 0.125 e. The Bertz CT molecular complexity index is 644. The number of rotatable bonds is 6. The highest BCUT2D eigenvalue weighted by molar-refractivity contribution is 7.13. The fraction of sp³-hybridized carbons (Fsp3) is 0.231. The van der Waals surface area contributed by atoms with E-state index in [1.165, 1.54) is 0 Å². The molecule has 3 aromatic heterocycles. The Kier molecular flexibility index (Phi) is 3.80. The first-order valence-electron chi connectivity index (χ1n) is 6.31. The van der Waals surface area contributed by atoms with Crippen LogP contribution in [0.25, 0.3) is 10.6 Å². The fourth-order valence-corrected chi connectivity index (χ4v) is 2.62. The molecule has 0 aliphatic rings. The molecule has 0 radical (unpaired) electrons. The number of anilines is 1. The van der Waals surface area contributed by atoms with Crippen LogP contribution in [0.2, 0.25) is 0 Å². The summed E-state index contributed by atoms with van der Waals surface area (Å²) in [6.07, 6.45) is 3.51. The molecule has 3 heterocycles. The fourth-order valence-electron chi connectivity index (χ4n) is 1.94. The number of H-pyrrole nitrogens is 1. The number of hydrogen-bond donors (Lipinski definition) is 3. The third-order valence-corrected chi connectivity index (χ3v) is 3.75. The second-order valence-corrected chi connectivity index (χ2v) is 5.18. The zero-order valence-electron chi connectivity index (χ0n) is 10.8. The number of imidazole rings is 1. The molecule has 0 aliphatic carbocycles. The molecule has 6 nitrogen and oxygen atoms in total. The van der Waals surface area contributed by atoms with Crippen molar-refractivity contribution in [2.24, 2.45) is 0 Å². The van der Waals surface area contributed by atoms with Gasteiger partial charge in [-0.2, -0.15) is 5.10 Å². The van der Waals surface area contributed by atoms with E-state index in [1.54, 1.807) is 28.4 Å². The lowest BCUT2D eigenvalue weighted by Gasteiger charge is -2.06. The topological polar surface area (TPSA) is 78.8 Å². The van der Waals surface area contributed by atoms with Gasteiger partial charge in [-0.1, -0.05) is 6.07 Å². The molecule has 0 bridgehead atoms. The van der Waals surface area contributed by atoms with E-state index in [0.717, 1.165) is 22.2 Å². The van der Waals surface area contributed by atoms with Gasteiger partial charge in [-0.15, -0.1) is 11.3 Å². The van der Waals surface area contributed by atoms with Gasteiger partial charge >= 0.3 is 0 Å². The molecule has 0 atom stereocenters. The predicted molar refractivity (Wildman–Crippen MR) is 78.5 cm³/mol. The quantitative estimate of drug-likeness (QED) is 0.648. The van der Waals surface area contributed by atoms with E-state index in [4.69, 9.17) is 5.11 Å². The maximum atomic E-state index is 9.13. The molecule has 0 unspecified atom stereocenters. The van der Waals surface area contributed by atoms with Crippen molar-refractivity contribution in [1.82, 2.24) is 19.7 Å². The van der Waals surface area contributed by atoms with Gasteiger partial charge in [0, 0.05) is 18.5 Å². The summed E-state index contributed by atoms with van der Waals surface area (Å²) in [6.45, 7) is 1.11. The van der Waals surface area contributed by atoms with Crippen molar-refractivity contribution in [3.8, 4) is 10.6 Å². The number of hydrogen-bond acceptors (Lipinski definition) is 5. The van der Waals surface area contributed by atoms with Gasteiger partial charge in [-0.05, 0) is 11.4 Å². The van der Waals surface area contributed by atoms with Gasteiger partial charge in [0.15, 0.2) is 0 Å². The highest BCUT2D eigenvalue weighted by Gasteiger charge is 2.10. The van der Waals surface area contributed by atoms with Crippen LogP contribution in [0.15, 0.2) is 36.0 Å². The largest absolute Gasteiger partial charge is 0.394 e. The second-order valence-electron chi connectivity index (χ2n) is 4.23. The minimum absolute atomic E-state index is 0.0565. The van der Waals surface area contributed by atoms with Crippen LogP contribution >= 0.6 is 11.3 Å². The first-order valence-corrected chi connectivity index (χ1v) is 7.19. The van der Waals surface area contributed by atoms with Gasteiger partial charge in [0.05, 0.1) is 24.6 Å². The van der Waals surface area contributed by atoms with Gasteiger partial charge < -0.3 is 15.4 Å². The molecule has 0 saturated heterocycles. The third-order valence-electron chi connectivity index (χ3n) is 2.86. The maximum Gasteiger partial charge on any atom is 0.125 e. The summed E-state index contributed by atoms with van der Waals surface area (Å²) in [5.41, 5.74) is 0.912. The lowest BCUT2D eigenvalue weighted by molar-refractivity contribution is 0.270. The van der Waals surface area contributed by atoms with Gasteiger partial charge in [-0.3, -0.25) is 0 Å². The highest BCUT2D eigenvalue weighted by Crippen LogP contribution is 2.26. The van der Waals surface area contributed by atoms with Crippen molar-refractivity contribution in [2.45, 2.75) is 13.1 Å². The molecule has 0 aromatic carbocycles. The molecule has 0 aliphatic heterocycles. The highest BCUT2D eigenvalue weighted by atomic mass is 32.1. The van der Waals surface area contributed by atoms with Crippen LogP contribution in [0, 0.1) is 0 Å². The maximum absolute atomic E-state index is 9.13. The van der Waals surface area contributed by atoms with Crippen molar-refractivity contribution in [3.05, 3.63) is 41.8 Å². The molecule has 0 saturated carbocycles. The Morgan fingerprint density at radius 1 is 1.45 bits per heavy atom. The van der Waals surface area contributed by atoms with Gasteiger partial charge in [0.2, 0.25) is 0 Å². The van der Waals surface area contributed by atoms with E-state index in [0.29, 0.717) is 13.1 Å². The van der Waals surface area contributed by atoms with Crippen LogP contribution in [0.4, 0.5) is 5.82 Å². The van der Waals surface area contributed by atoms with Crippen molar-refractivity contribution in [2.75, 3.05) is 11.9 Å². The lowest BCUT2D eigenvalue weighted by atomic mass is 10.3. The lowest BCUT2D eigenvalue weighted by Crippen LogP contribution is -2.10. The average Bonchev–Trinajstić information content (AvgIpc) is 3.19. The molecule has 0 fully saturated rings. The van der Waals surface area contributed by atoms with Crippen LogP contribution in [0.3, 0.4) is 0 Å². The van der Waals surface area contributed by atoms with Gasteiger partial charge in [0.25, 0.3) is 0 Å². The summed E-state index contributed by atoms with van der Waals surface area (Å²) in [5, 5.41) is 19.0. The van der Waals surface area contributed by atoms with E-state index >= 15 is 0 Å². The summed E-state index contributed by atoms with van der Waals surface area (Å²) in [6, 6.07) is 6.03. The first kappa shape index (κ1) is 12.9. The molecule has 20 heavy (non-hydrogen) atoms. The van der Waals surface area contributed by atoms with Crippen molar-refractivity contribution in [1.29, 1.82) is 0 Å². The van der Waals surface area contributed by atoms with E-state index in [2.05, 4.69) is 20.4 Å². The normalized spacial score (nSPS) is 10.8. The third kappa shape index (κ3) is 2.73. The minimum Gasteiger partial charge on any atom is -0.394 e. The predicted octanol–water partition coefficient (Wildman–Crippen LogP) is 1.94. The molecule has 3 rings (SSSR count). The van der Waals surface area contributed by atoms with Crippen LogP contribution < -0.4 is 5.32 Å². The summed E-state index contributed by atoms with van der Waals surface area (Å²) >= 11 is 1.65. The van der Waals surface area contributed by atoms with Crippen LogP contribution in [-0.2, 0) is 13.1 Å². The Hall–Kier alpha value is -2.12. The molecular weight excluding hydrogens is 274 g/mol. The number of nitrogens with one attached hydrogen (secondary N) is 2. The van der Waals surface area contributed by atoms with Crippen molar-refractivity contribution in [3.63, 3.8) is 0 Å². The van der Waals surface area contributed by atoms with Gasteiger partial charge in [-0.25, -0.2) is 9.67 Å². The van der Waals surface area contributed by atoms with E-state index in [1.807, 2.05) is 23.6 Å². The van der Waals surface area contributed by atoms with E-state index < -0.39 is 0 Å². The molecule has 0 spiro atoms. The molecule has 3 aromatic rings. The summed E-state index contributed by atoms with van der Waals surface area (Å²) in [4.78, 5) is 8.32. The van der Waals surface area contributed by atoms with E-state index in [-0.39, 0.29) is 6.61 Å². The van der Waals surface area contributed by atoms with Crippen molar-refractivity contribution < 1.29 is 5.11 Å². The zero-order valence-corrected chi connectivity index (χ0v) is 11.6. The standard InChI is InChI=1S/C13H15N5OS/c19-6-5-18-13(16-9-12-14-3-4-15-12)8-10(17-18)11-2-1-7-20-11/h1-4,7-8,16,19H,5-6,9H2,(H,14,15). The Morgan fingerprint density at radius 3 is 3.10 bits per heavy atom. The average molecular weight is 289 g/mol. The molecule has 7 heteroatoms. The first-order chi connectivity index (χ1) is 9.86. The SMILES string of the molecule is OCCn1nc(-c2cccs2)cc1NCc1ncc[nH]1. The number of aliphatic hydroxyl groups excluding tert-OH is 1. The van der Waals surface area contributed by atoms with E-state index in [9.17, 15) is 0 Å². The van der Waals surface area contributed by atoms with Crippen molar-refractivity contribution >= 4 is 17.2 Å². The van der Waals surface area contributed by atoms with Crippen LogP contribution in [0.5, 0.6) is 0 Å². The Morgan fingerprint density at radius 2 is 2.40 bits per heavy atom. The number of nitrogens with zero attached hydrogens (tertiary/aromatic N) is 3. The molecular formula is C13H15N5OS. The summed E-state index contributed by atoms with van der Waals surface area (Å²) in [5.74, 6) is 1.73. The summed E-state index contributed by atoms with van der Waals surface area (Å²) < 4.78 is 1.78. The Balaban J connectivity index is 1.80. The molecule has 104 valence electrons. The van der Waals surface area contributed by atoms with Crippen LogP contribution in [-0.4, -0.2) is 31.5 Å². The number of aromatic amines is 1. The summed E-state index contributed by atoms with van der Waals surface area (Å²) in [7, 11) is 0. The zero-order chi connectivity index (χ0) is 13.8. The minimum atomic E-state index is 0.0565. The monoisotopic (exact) mass is 289 g/mol.